The second-order valence-electron chi connectivity index (χ2n) is 5.44. The lowest BCUT2D eigenvalue weighted by atomic mass is 9.94. The van der Waals surface area contributed by atoms with Crippen LogP contribution in [0.25, 0.3) is 22.3 Å². The summed E-state index contributed by atoms with van der Waals surface area (Å²) in [7, 11) is 0. The average Bonchev–Trinajstić information content (AvgIpc) is 2.98. The Morgan fingerprint density at radius 2 is 1.04 bits per heavy atom. The summed E-state index contributed by atoms with van der Waals surface area (Å²) in [5.74, 6) is -9.71. The van der Waals surface area contributed by atoms with Crippen molar-refractivity contribution in [1.82, 2.24) is 0 Å². The molecule has 0 heterocycles. The van der Waals surface area contributed by atoms with Gasteiger partial charge in [0.05, 0.1) is 5.56 Å². The Labute approximate surface area is 134 Å². The fourth-order valence-electron chi connectivity index (χ4n) is 3.04. The lowest BCUT2D eigenvalue weighted by Gasteiger charge is -2.12. The Balaban J connectivity index is 2.02. The fourth-order valence-corrected chi connectivity index (χ4v) is 3.04. The van der Waals surface area contributed by atoms with Crippen LogP contribution in [0.4, 0.5) is 22.0 Å². The highest BCUT2D eigenvalue weighted by Gasteiger charge is 2.30. The maximum absolute atomic E-state index is 14.2. The Bertz CT molecular complexity index is 962. The molecule has 5 heteroatoms. The molecule has 0 amide bonds. The summed E-state index contributed by atoms with van der Waals surface area (Å²) >= 11 is 0. The number of fused-ring (bicyclic) bond motifs is 3. The van der Waals surface area contributed by atoms with Crippen molar-refractivity contribution in [1.29, 1.82) is 0 Å². The van der Waals surface area contributed by atoms with Crippen LogP contribution in [-0.2, 0) is 0 Å². The molecule has 0 N–H and O–H groups in total. The van der Waals surface area contributed by atoms with Gasteiger partial charge in [0.15, 0.2) is 23.3 Å². The molecule has 119 valence electrons. The van der Waals surface area contributed by atoms with Gasteiger partial charge in [-0.05, 0) is 27.8 Å². The van der Waals surface area contributed by atoms with E-state index in [2.05, 4.69) is 0 Å². The Kier molecular flexibility index (Phi) is 3.20. The number of hydrogen-bond donors (Lipinski definition) is 0. The number of hydrogen-bond acceptors (Lipinski definition) is 0. The van der Waals surface area contributed by atoms with E-state index in [1.165, 1.54) is 12.1 Å². The van der Waals surface area contributed by atoms with Crippen LogP contribution in [0, 0.1) is 35.5 Å². The van der Waals surface area contributed by atoms with E-state index >= 15 is 0 Å². The summed E-state index contributed by atoms with van der Waals surface area (Å²) in [4.78, 5) is 0. The number of halogens is 5. The molecular weight excluding hydrogens is 323 g/mol. The van der Waals surface area contributed by atoms with Gasteiger partial charge in [0, 0.05) is 6.42 Å². The molecule has 0 nitrogen and oxygen atoms in total. The molecule has 0 saturated carbocycles. The van der Waals surface area contributed by atoms with Crippen molar-refractivity contribution in [2.24, 2.45) is 0 Å². The Morgan fingerprint density at radius 1 is 0.500 bits per heavy atom. The van der Waals surface area contributed by atoms with E-state index in [4.69, 9.17) is 0 Å². The molecule has 0 atom stereocenters. The van der Waals surface area contributed by atoms with E-state index in [0.29, 0.717) is 11.1 Å². The normalized spacial score (nSPS) is 12.2. The quantitative estimate of drug-likeness (QED) is 0.241. The van der Waals surface area contributed by atoms with Crippen molar-refractivity contribution < 1.29 is 22.0 Å². The smallest absolute Gasteiger partial charge is 0.200 e. The van der Waals surface area contributed by atoms with Gasteiger partial charge in [0.25, 0.3) is 0 Å². The van der Waals surface area contributed by atoms with Gasteiger partial charge in [0.2, 0.25) is 5.82 Å². The maximum Gasteiger partial charge on any atom is 0.200 e. The van der Waals surface area contributed by atoms with E-state index < -0.39 is 34.6 Å². The molecule has 0 aromatic heterocycles. The zero-order valence-corrected chi connectivity index (χ0v) is 12.0. The monoisotopic (exact) mass is 331 g/mol. The van der Waals surface area contributed by atoms with Crippen molar-refractivity contribution in [3.63, 3.8) is 0 Å². The minimum Gasteiger partial charge on any atom is -0.203 e. The van der Waals surface area contributed by atoms with Crippen LogP contribution in [0.1, 0.15) is 11.1 Å². The van der Waals surface area contributed by atoms with Gasteiger partial charge >= 0.3 is 0 Å². The molecular formula is C19H8F5. The first-order valence-electron chi connectivity index (χ1n) is 7.09. The highest BCUT2D eigenvalue weighted by Crippen LogP contribution is 2.44. The van der Waals surface area contributed by atoms with Crippen LogP contribution in [0.5, 0.6) is 0 Å². The molecule has 0 saturated heterocycles. The van der Waals surface area contributed by atoms with Gasteiger partial charge in [-0.3, -0.25) is 0 Å². The van der Waals surface area contributed by atoms with E-state index in [1.54, 1.807) is 18.6 Å². The van der Waals surface area contributed by atoms with Crippen molar-refractivity contribution >= 4 is 0 Å². The fraction of sp³-hybridized carbons (Fsp3) is 0. The molecule has 0 fully saturated rings. The summed E-state index contributed by atoms with van der Waals surface area (Å²) in [5.41, 5.74) is 1.85. The van der Waals surface area contributed by atoms with Crippen molar-refractivity contribution in [3.8, 4) is 22.3 Å². The first-order valence-corrected chi connectivity index (χ1v) is 7.09. The minimum absolute atomic E-state index is 0.0310. The molecule has 4 rings (SSSR count). The van der Waals surface area contributed by atoms with Crippen LogP contribution in [-0.4, -0.2) is 0 Å². The lowest BCUT2D eigenvalue weighted by Crippen LogP contribution is -2.05. The summed E-state index contributed by atoms with van der Waals surface area (Å²) in [5, 5.41) is 0. The molecule has 1 aliphatic carbocycles. The van der Waals surface area contributed by atoms with Crippen LogP contribution in [0.3, 0.4) is 0 Å². The molecule has 0 unspecified atom stereocenters. The molecule has 3 aromatic rings. The van der Waals surface area contributed by atoms with Gasteiger partial charge in [0.1, 0.15) is 0 Å². The second kappa shape index (κ2) is 5.16. The topological polar surface area (TPSA) is 0 Å². The first-order chi connectivity index (χ1) is 11.5. The van der Waals surface area contributed by atoms with Gasteiger partial charge in [-0.15, -0.1) is 0 Å². The van der Waals surface area contributed by atoms with E-state index in [0.717, 1.165) is 11.1 Å². The molecule has 0 bridgehead atoms. The van der Waals surface area contributed by atoms with Gasteiger partial charge in [-0.1, -0.05) is 42.5 Å². The van der Waals surface area contributed by atoms with Gasteiger partial charge in [-0.25, -0.2) is 22.0 Å². The molecule has 1 aliphatic rings. The van der Waals surface area contributed by atoms with Crippen molar-refractivity contribution in [2.75, 3.05) is 0 Å². The lowest BCUT2D eigenvalue weighted by molar-refractivity contribution is 0.381. The number of benzene rings is 3. The predicted molar refractivity (Wildman–Crippen MR) is 79.6 cm³/mol. The molecule has 1 radical (unpaired) electrons. The van der Waals surface area contributed by atoms with Crippen LogP contribution in [0.2, 0.25) is 0 Å². The minimum atomic E-state index is -2.16. The van der Waals surface area contributed by atoms with Crippen molar-refractivity contribution in [2.45, 2.75) is 0 Å². The zero-order valence-electron chi connectivity index (χ0n) is 12.0. The average molecular weight is 331 g/mol. The standard InChI is InChI=1S/C19H8F5/c20-15-14(16(21)18(23)19(24)17(15)22)12-7-3-6-11-10-5-2-1-4-9(10)8-13(11)12/h1-8H. The summed E-state index contributed by atoms with van der Waals surface area (Å²) in [6, 6.07) is 11.9. The van der Waals surface area contributed by atoms with Gasteiger partial charge < -0.3 is 0 Å². The molecule has 0 spiro atoms. The van der Waals surface area contributed by atoms with Crippen LogP contribution >= 0.6 is 0 Å². The van der Waals surface area contributed by atoms with E-state index in [9.17, 15) is 22.0 Å². The van der Waals surface area contributed by atoms with Crippen molar-refractivity contribution in [3.05, 3.63) is 89.1 Å². The summed E-state index contributed by atoms with van der Waals surface area (Å²) in [6.45, 7) is 0. The largest absolute Gasteiger partial charge is 0.203 e. The first kappa shape index (κ1) is 14.9. The highest BCUT2D eigenvalue weighted by atomic mass is 19.2. The van der Waals surface area contributed by atoms with Crippen LogP contribution in [0.15, 0.2) is 42.5 Å². The SMILES string of the molecule is Fc1c(F)c(F)c(-c2cccc3c2[CH]c2ccccc2-3)c(F)c1F. The van der Waals surface area contributed by atoms with E-state index in [1.807, 2.05) is 18.2 Å². The van der Waals surface area contributed by atoms with Gasteiger partial charge in [-0.2, -0.15) is 0 Å². The Hall–Kier alpha value is -2.69. The zero-order chi connectivity index (χ0) is 17.0. The Morgan fingerprint density at radius 3 is 1.75 bits per heavy atom. The molecule has 0 aliphatic heterocycles. The molecule has 24 heavy (non-hydrogen) atoms. The number of rotatable bonds is 1. The predicted octanol–water partition coefficient (Wildman–Crippen LogP) is 5.63. The molecule has 3 aromatic carbocycles. The highest BCUT2D eigenvalue weighted by molar-refractivity contribution is 5.88. The maximum atomic E-state index is 14.2. The third-order valence-corrected chi connectivity index (χ3v) is 4.14. The third kappa shape index (κ3) is 1.90. The summed E-state index contributed by atoms with van der Waals surface area (Å²) in [6.07, 6.45) is 1.68. The second-order valence-corrected chi connectivity index (χ2v) is 5.44. The van der Waals surface area contributed by atoms with Crippen LogP contribution < -0.4 is 0 Å². The van der Waals surface area contributed by atoms with E-state index in [-0.39, 0.29) is 5.56 Å². The third-order valence-electron chi connectivity index (χ3n) is 4.14. The summed E-state index contributed by atoms with van der Waals surface area (Å²) < 4.78 is 68.6.